The first-order valence-electron chi connectivity index (χ1n) is 5.82. The molecule has 0 fully saturated rings. The van der Waals surface area contributed by atoms with Crippen LogP contribution in [-0.2, 0) is 20.0 Å². The van der Waals surface area contributed by atoms with Crippen LogP contribution < -0.4 is 9.44 Å². The average molecular weight is 330 g/mol. The Labute approximate surface area is 122 Å². The highest BCUT2D eigenvalue weighted by Gasteiger charge is 2.19. The van der Waals surface area contributed by atoms with Gasteiger partial charge in [0.25, 0.3) is 0 Å². The third-order valence-electron chi connectivity index (χ3n) is 2.85. The second-order valence-electron chi connectivity index (χ2n) is 4.39. The lowest BCUT2D eigenvalue weighted by molar-refractivity contribution is 0.465. The van der Waals surface area contributed by atoms with Crippen LogP contribution in [0.4, 0.5) is 5.69 Å². The Balaban J connectivity index is 2.75. The predicted octanol–water partition coefficient (Wildman–Crippen LogP) is 0.825. The van der Waals surface area contributed by atoms with Crippen LogP contribution in [0.3, 0.4) is 0 Å². The molecule has 0 atom stereocenters. The lowest BCUT2D eigenvalue weighted by atomic mass is 10.1. The molecule has 21 heavy (non-hydrogen) atoms. The van der Waals surface area contributed by atoms with Crippen molar-refractivity contribution in [2.75, 3.05) is 18.0 Å². The number of anilines is 1. The molecule has 2 aromatic carbocycles. The molecule has 0 aliphatic carbocycles. The van der Waals surface area contributed by atoms with Crippen molar-refractivity contribution in [1.82, 2.24) is 4.72 Å². The highest BCUT2D eigenvalue weighted by atomic mass is 32.2. The van der Waals surface area contributed by atoms with Gasteiger partial charge >= 0.3 is 0 Å². The molecule has 7 nitrogen and oxygen atoms in total. The van der Waals surface area contributed by atoms with Crippen molar-refractivity contribution >= 4 is 36.5 Å². The summed E-state index contributed by atoms with van der Waals surface area (Å²) in [4.78, 5) is -0.269. The van der Waals surface area contributed by atoms with E-state index in [1.54, 1.807) is 0 Å². The Kier molecular flexibility index (Phi) is 3.83. The molecule has 0 heterocycles. The van der Waals surface area contributed by atoms with Crippen molar-refractivity contribution < 1.29 is 21.9 Å². The van der Waals surface area contributed by atoms with Gasteiger partial charge in [-0.3, -0.25) is 4.72 Å². The Hall–Kier alpha value is -1.84. The summed E-state index contributed by atoms with van der Waals surface area (Å²) in [6.07, 6.45) is 1.01. The molecule has 0 aliphatic rings. The van der Waals surface area contributed by atoms with E-state index in [2.05, 4.69) is 9.44 Å². The molecule has 0 unspecified atom stereocenters. The fraction of sp³-hybridized carbons (Fsp3) is 0.167. The number of hydrogen-bond acceptors (Lipinski definition) is 5. The van der Waals surface area contributed by atoms with E-state index in [1.165, 1.54) is 37.4 Å². The van der Waals surface area contributed by atoms with Gasteiger partial charge in [-0.15, -0.1) is 0 Å². The number of phenolic OH excluding ortho intramolecular Hbond substituents is 1. The van der Waals surface area contributed by atoms with Gasteiger partial charge in [0.1, 0.15) is 10.6 Å². The Bertz CT molecular complexity index is 905. The SMILES string of the molecule is CNS(=O)(=O)c1ccc2c(NS(C)(=O)=O)cccc2c1O. The van der Waals surface area contributed by atoms with E-state index in [4.69, 9.17) is 0 Å². The van der Waals surface area contributed by atoms with E-state index in [0.717, 1.165) is 6.26 Å². The van der Waals surface area contributed by atoms with Crippen molar-refractivity contribution in [3.05, 3.63) is 30.3 Å². The molecule has 0 spiro atoms. The summed E-state index contributed by atoms with van der Waals surface area (Å²) in [5, 5.41) is 10.8. The molecule has 0 saturated heterocycles. The Morgan fingerprint density at radius 2 is 1.67 bits per heavy atom. The smallest absolute Gasteiger partial charge is 0.244 e. The van der Waals surface area contributed by atoms with E-state index >= 15 is 0 Å². The molecule has 2 aromatic rings. The van der Waals surface area contributed by atoms with E-state index < -0.39 is 25.8 Å². The zero-order valence-corrected chi connectivity index (χ0v) is 12.9. The number of sulfonamides is 2. The zero-order valence-electron chi connectivity index (χ0n) is 11.3. The zero-order chi connectivity index (χ0) is 15.8. The van der Waals surface area contributed by atoms with Crippen LogP contribution in [-0.4, -0.2) is 35.2 Å². The van der Waals surface area contributed by atoms with Crippen molar-refractivity contribution in [2.45, 2.75) is 4.90 Å². The van der Waals surface area contributed by atoms with Gasteiger partial charge in [-0.25, -0.2) is 21.6 Å². The van der Waals surface area contributed by atoms with E-state index in [9.17, 15) is 21.9 Å². The number of aromatic hydroxyl groups is 1. The number of phenols is 1. The lowest BCUT2D eigenvalue weighted by Crippen LogP contribution is -2.18. The second kappa shape index (κ2) is 5.17. The molecular formula is C12H14N2O5S2. The second-order valence-corrected chi connectivity index (χ2v) is 8.00. The molecule has 0 amide bonds. The van der Waals surface area contributed by atoms with Gasteiger partial charge in [-0.2, -0.15) is 0 Å². The third kappa shape index (κ3) is 3.09. The highest BCUT2D eigenvalue weighted by Crippen LogP contribution is 2.35. The number of nitrogens with one attached hydrogen (secondary N) is 2. The third-order valence-corrected chi connectivity index (χ3v) is 4.89. The first kappa shape index (κ1) is 15.5. The maximum atomic E-state index is 11.8. The van der Waals surface area contributed by atoms with Crippen LogP contribution >= 0.6 is 0 Å². The van der Waals surface area contributed by atoms with E-state index in [-0.39, 0.29) is 16.0 Å². The summed E-state index contributed by atoms with van der Waals surface area (Å²) >= 11 is 0. The number of hydrogen-bond donors (Lipinski definition) is 3. The van der Waals surface area contributed by atoms with Gasteiger partial charge in [0.2, 0.25) is 20.0 Å². The minimum atomic E-state index is -3.81. The van der Waals surface area contributed by atoms with Crippen LogP contribution in [0.25, 0.3) is 10.8 Å². The summed E-state index contributed by atoms with van der Waals surface area (Å²) in [6, 6.07) is 7.21. The molecule has 3 N–H and O–H groups in total. The summed E-state index contributed by atoms with van der Waals surface area (Å²) in [5.41, 5.74) is 0.263. The van der Waals surface area contributed by atoms with Crippen molar-refractivity contribution in [2.24, 2.45) is 0 Å². The van der Waals surface area contributed by atoms with Gasteiger partial charge in [0.15, 0.2) is 0 Å². The van der Waals surface area contributed by atoms with Gasteiger partial charge in [-0.1, -0.05) is 18.2 Å². The van der Waals surface area contributed by atoms with Gasteiger partial charge in [0, 0.05) is 10.8 Å². The first-order chi connectivity index (χ1) is 9.65. The lowest BCUT2D eigenvalue weighted by Gasteiger charge is -2.12. The van der Waals surface area contributed by atoms with Crippen LogP contribution in [0.5, 0.6) is 5.75 Å². The number of rotatable bonds is 4. The van der Waals surface area contributed by atoms with Crippen LogP contribution in [0.15, 0.2) is 35.2 Å². The maximum Gasteiger partial charge on any atom is 0.244 e. The number of fused-ring (bicyclic) bond motifs is 1. The van der Waals surface area contributed by atoms with Gasteiger partial charge < -0.3 is 5.11 Å². The monoisotopic (exact) mass is 330 g/mol. The number of benzene rings is 2. The van der Waals surface area contributed by atoms with E-state index in [0.29, 0.717) is 5.39 Å². The summed E-state index contributed by atoms with van der Waals surface area (Å²) in [7, 11) is -6.06. The normalized spacial score (nSPS) is 12.5. The Morgan fingerprint density at radius 3 is 2.24 bits per heavy atom. The Morgan fingerprint density at radius 1 is 1.00 bits per heavy atom. The molecule has 0 aliphatic heterocycles. The molecule has 0 radical (unpaired) electrons. The van der Waals surface area contributed by atoms with E-state index in [1.807, 2.05) is 0 Å². The summed E-state index contributed by atoms with van der Waals surface area (Å²) in [6.45, 7) is 0. The van der Waals surface area contributed by atoms with Crippen LogP contribution in [0.2, 0.25) is 0 Å². The van der Waals surface area contributed by atoms with Gasteiger partial charge in [-0.05, 0) is 19.2 Å². The minimum absolute atomic E-state index is 0.236. The first-order valence-corrected chi connectivity index (χ1v) is 9.19. The molecule has 0 bridgehead atoms. The van der Waals surface area contributed by atoms with Crippen molar-refractivity contribution in [3.8, 4) is 5.75 Å². The molecule has 2 rings (SSSR count). The van der Waals surface area contributed by atoms with Crippen molar-refractivity contribution in [3.63, 3.8) is 0 Å². The predicted molar refractivity (Wildman–Crippen MR) is 80.3 cm³/mol. The maximum absolute atomic E-state index is 11.8. The summed E-state index contributed by atoms with van der Waals surface area (Å²) in [5.74, 6) is -0.431. The quantitative estimate of drug-likeness (QED) is 0.768. The fourth-order valence-electron chi connectivity index (χ4n) is 1.94. The molecular weight excluding hydrogens is 316 g/mol. The molecule has 114 valence electrons. The molecule has 0 saturated carbocycles. The van der Waals surface area contributed by atoms with Crippen LogP contribution in [0, 0.1) is 0 Å². The fourth-order valence-corrected chi connectivity index (χ4v) is 3.35. The highest BCUT2D eigenvalue weighted by molar-refractivity contribution is 7.92. The standard InChI is InChI=1S/C12H14N2O5S2/c1-13-21(18,19)11-7-6-8-9(12(11)15)4-3-5-10(8)14-20(2,16)17/h3-7,13-15H,1-2H3. The molecule has 0 aromatic heterocycles. The largest absolute Gasteiger partial charge is 0.506 e. The minimum Gasteiger partial charge on any atom is -0.506 e. The van der Waals surface area contributed by atoms with Crippen LogP contribution in [0.1, 0.15) is 0 Å². The molecule has 9 heteroatoms. The van der Waals surface area contributed by atoms with Gasteiger partial charge in [0.05, 0.1) is 11.9 Å². The average Bonchev–Trinajstić information content (AvgIpc) is 2.38. The summed E-state index contributed by atoms with van der Waals surface area (Å²) < 4.78 is 50.7. The topological polar surface area (TPSA) is 113 Å². The van der Waals surface area contributed by atoms with Crippen molar-refractivity contribution in [1.29, 1.82) is 0 Å².